The lowest BCUT2D eigenvalue weighted by Crippen LogP contribution is -2.51. The normalized spacial score (nSPS) is 25.7. The van der Waals surface area contributed by atoms with E-state index in [-0.39, 0.29) is 0 Å². The van der Waals surface area contributed by atoms with Crippen molar-refractivity contribution in [3.05, 3.63) is 35.9 Å². The van der Waals surface area contributed by atoms with Gasteiger partial charge in [-0.05, 0) is 5.56 Å². The SMILES string of the molecule is c1ccc(CN2CCOC(CN3CCNCC3)C2)cc1. The summed E-state index contributed by atoms with van der Waals surface area (Å²) in [6.45, 7) is 9.61. The largest absolute Gasteiger partial charge is 0.374 e. The lowest BCUT2D eigenvalue weighted by atomic mass is 10.2. The van der Waals surface area contributed by atoms with Crippen molar-refractivity contribution in [1.29, 1.82) is 0 Å². The van der Waals surface area contributed by atoms with Gasteiger partial charge >= 0.3 is 0 Å². The van der Waals surface area contributed by atoms with Gasteiger partial charge in [-0.15, -0.1) is 0 Å². The predicted octanol–water partition coefficient (Wildman–Crippen LogP) is 0.793. The van der Waals surface area contributed by atoms with Gasteiger partial charge in [0.15, 0.2) is 0 Å². The Labute approximate surface area is 121 Å². The zero-order valence-electron chi connectivity index (χ0n) is 12.1. The zero-order chi connectivity index (χ0) is 13.6. The third kappa shape index (κ3) is 4.03. The molecular formula is C16H25N3O. The standard InChI is InChI=1S/C16H25N3O/c1-2-4-15(5-3-1)12-19-10-11-20-16(14-19)13-18-8-6-17-7-9-18/h1-5,16-17H,6-14H2. The first-order valence-electron chi connectivity index (χ1n) is 7.71. The van der Waals surface area contributed by atoms with Crippen molar-refractivity contribution in [3.8, 4) is 0 Å². The van der Waals surface area contributed by atoms with Gasteiger partial charge in [-0.3, -0.25) is 9.80 Å². The Morgan fingerprint density at radius 3 is 2.65 bits per heavy atom. The first-order chi connectivity index (χ1) is 9.90. The van der Waals surface area contributed by atoms with E-state index >= 15 is 0 Å². The van der Waals surface area contributed by atoms with Crippen molar-refractivity contribution in [2.24, 2.45) is 0 Å². The average molecular weight is 275 g/mol. The highest BCUT2D eigenvalue weighted by atomic mass is 16.5. The maximum atomic E-state index is 5.94. The van der Waals surface area contributed by atoms with Crippen molar-refractivity contribution in [2.75, 3.05) is 52.4 Å². The molecule has 1 unspecified atom stereocenters. The molecular weight excluding hydrogens is 250 g/mol. The second-order valence-corrected chi connectivity index (χ2v) is 5.76. The van der Waals surface area contributed by atoms with Gasteiger partial charge in [0.05, 0.1) is 12.7 Å². The molecule has 1 aromatic rings. The summed E-state index contributed by atoms with van der Waals surface area (Å²) >= 11 is 0. The fourth-order valence-electron chi connectivity index (χ4n) is 3.06. The van der Waals surface area contributed by atoms with E-state index in [1.54, 1.807) is 0 Å². The van der Waals surface area contributed by atoms with Gasteiger partial charge in [0, 0.05) is 52.4 Å². The summed E-state index contributed by atoms with van der Waals surface area (Å²) in [4.78, 5) is 5.04. The Morgan fingerprint density at radius 2 is 1.85 bits per heavy atom. The van der Waals surface area contributed by atoms with Crippen molar-refractivity contribution < 1.29 is 4.74 Å². The van der Waals surface area contributed by atoms with Gasteiger partial charge in [-0.25, -0.2) is 0 Å². The molecule has 2 aliphatic heterocycles. The van der Waals surface area contributed by atoms with E-state index in [9.17, 15) is 0 Å². The molecule has 0 aliphatic carbocycles. The quantitative estimate of drug-likeness (QED) is 0.879. The van der Waals surface area contributed by atoms with Gasteiger partial charge in [0.25, 0.3) is 0 Å². The van der Waals surface area contributed by atoms with Crippen LogP contribution in [0.1, 0.15) is 5.56 Å². The van der Waals surface area contributed by atoms with Crippen molar-refractivity contribution in [1.82, 2.24) is 15.1 Å². The highest BCUT2D eigenvalue weighted by molar-refractivity contribution is 5.14. The molecule has 20 heavy (non-hydrogen) atoms. The molecule has 3 rings (SSSR count). The lowest BCUT2D eigenvalue weighted by Gasteiger charge is -2.37. The second-order valence-electron chi connectivity index (χ2n) is 5.76. The number of benzene rings is 1. The van der Waals surface area contributed by atoms with Crippen molar-refractivity contribution in [3.63, 3.8) is 0 Å². The molecule has 110 valence electrons. The molecule has 2 saturated heterocycles. The molecule has 2 fully saturated rings. The molecule has 0 aromatic heterocycles. The number of morpholine rings is 1. The summed E-state index contributed by atoms with van der Waals surface area (Å²) in [5.41, 5.74) is 1.40. The molecule has 1 N–H and O–H groups in total. The van der Waals surface area contributed by atoms with E-state index < -0.39 is 0 Å². The number of hydrogen-bond acceptors (Lipinski definition) is 4. The first kappa shape index (κ1) is 14.0. The number of ether oxygens (including phenoxy) is 1. The minimum absolute atomic E-state index is 0.366. The van der Waals surface area contributed by atoms with Crippen LogP contribution >= 0.6 is 0 Å². The van der Waals surface area contributed by atoms with E-state index in [2.05, 4.69) is 45.4 Å². The number of nitrogens with zero attached hydrogens (tertiary/aromatic N) is 2. The van der Waals surface area contributed by atoms with Crippen LogP contribution in [0.3, 0.4) is 0 Å². The first-order valence-corrected chi connectivity index (χ1v) is 7.71. The maximum absolute atomic E-state index is 5.94. The zero-order valence-corrected chi connectivity index (χ0v) is 12.1. The van der Waals surface area contributed by atoms with Crippen LogP contribution in [0.15, 0.2) is 30.3 Å². The van der Waals surface area contributed by atoms with E-state index in [1.165, 1.54) is 5.56 Å². The molecule has 1 aromatic carbocycles. The third-order valence-corrected chi connectivity index (χ3v) is 4.14. The highest BCUT2D eigenvalue weighted by Crippen LogP contribution is 2.11. The van der Waals surface area contributed by atoms with Crippen LogP contribution in [-0.4, -0.2) is 68.3 Å². The summed E-state index contributed by atoms with van der Waals surface area (Å²) < 4.78 is 5.94. The molecule has 0 radical (unpaired) electrons. The average Bonchev–Trinajstić information content (AvgIpc) is 2.50. The molecule has 0 amide bonds. The minimum atomic E-state index is 0.366. The smallest absolute Gasteiger partial charge is 0.0829 e. The monoisotopic (exact) mass is 275 g/mol. The van der Waals surface area contributed by atoms with E-state index in [0.717, 1.165) is 59.0 Å². The second kappa shape index (κ2) is 7.18. The fraction of sp³-hybridized carbons (Fsp3) is 0.625. The van der Waals surface area contributed by atoms with Crippen LogP contribution in [0, 0.1) is 0 Å². The van der Waals surface area contributed by atoms with Crippen LogP contribution in [0.2, 0.25) is 0 Å². The fourth-order valence-corrected chi connectivity index (χ4v) is 3.06. The van der Waals surface area contributed by atoms with E-state index in [1.807, 2.05) is 0 Å². The third-order valence-electron chi connectivity index (χ3n) is 4.14. The van der Waals surface area contributed by atoms with Crippen LogP contribution in [0.4, 0.5) is 0 Å². The Hall–Kier alpha value is -0.940. The molecule has 4 heteroatoms. The topological polar surface area (TPSA) is 27.7 Å². The summed E-state index contributed by atoms with van der Waals surface area (Å²) in [5.74, 6) is 0. The molecule has 0 saturated carbocycles. The predicted molar refractivity (Wildman–Crippen MR) is 80.8 cm³/mol. The van der Waals surface area contributed by atoms with Gasteiger partial charge in [0.2, 0.25) is 0 Å². The summed E-state index contributed by atoms with van der Waals surface area (Å²) in [6.07, 6.45) is 0.366. The van der Waals surface area contributed by atoms with Gasteiger partial charge in [0.1, 0.15) is 0 Å². The van der Waals surface area contributed by atoms with Crippen molar-refractivity contribution in [2.45, 2.75) is 12.6 Å². The molecule has 1 atom stereocenters. The van der Waals surface area contributed by atoms with E-state index in [4.69, 9.17) is 4.74 Å². The Balaban J connectivity index is 1.48. The van der Waals surface area contributed by atoms with Crippen LogP contribution in [0.25, 0.3) is 0 Å². The minimum Gasteiger partial charge on any atom is -0.374 e. The van der Waals surface area contributed by atoms with Gasteiger partial charge < -0.3 is 10.1 Å². The molecule has 2 heterocycles. The molecule has 4 nitrogen and oxygen atoms in total. The van der Waals surface area contributed by atoms with Gasteiger partial charge in [-0.1, -0.05) is 30.3 Å². The highest BCUT2D eigenvalue weighted by Gasteiger charge is 2.23. The van der Waals surface area contributed by atoms with E-state index in [0.29, 0.717) is 6.10 Å². The summed E-state index contributed by atoms with van der Waals surface area (Å²) in [6, 6.07) is 10.7. The summed E-state index contributed by atoms with van der Waals surface area (Å²) in [7, 11) is 0. The summed E-state index contributed by atoms with van der Waals surface area (Å²) in [5, 5.41) is 3.40. The van der Waals surface area contributed by atoms with Crippen molar-refractivity contribution >= 4 is 0 Å². The number of nitrogens with one attached hydrogen (secondary N) is 1. The lowest BCUT2D eigenvalue weighted by molar-refractivity contribution is -0.0469. The Bertz CT molecular complexity index is 392. The van der Waals surface area contributed by atoms with Crippen LogP contribution in [-0.2, 0) is 11.3 Å². The molecule has 2 aliphatic rings. The Morgan fingerprint density at radius 1 is 1.05 bits per heavy atom. The maximum Gasteiger partial charge on any atom is 0.0829 e. The van der Waals surface area contributed by atoms with Crippen LogP contribution in [0.5, 0.6) is 0 Å². The number of piperazine rings is 1. The number of hydrogen-bond donors (Lipinski definition) is 1. The van der Waals surface area contributed by atoms with Gasteiger partial charge in [-0.2, -0.15) is 0 Å². The molecule has 0 bridgehead atoms. The molecule has 0 spiro atoms. The van der Waals surface area contributed by atoms with Crippen LogP contribution < -0.4 is 5.32 Å². The number of rotatable bonds is 4. The Kier molecular flexibility index (Phi) is 5.03.